The maximum atomic E-state index is 9.06. The van der Waals surface area contributed by atoms with E-state index >= 15 is 0 Å². The molecule has 14 heavy (non-hydrogen) atoms. The lowest BCUT2D eigenvalue weighted by Gasteiger charge is -2.22. The van der Waals surface area contributed by atoms with Crippen LogP contribution in [-0.4, -0.2) is 24.8 Å². The summed E-state index contributed by atoms with van der Waals surface area (Å²) in [5.74, 6) is 0.972. The molecule has 0 spiro atoms. The van der Waals surface area contributed by atoms with E-state index in [4.69, 9.17) is 5.11 Å². The molecule has 84 valence electrons. The van der Waals surface area contributed by atoms with Crippen LogP contribution in [0.3, 0.4) is 0 Å². The molecule has 0 atom stereocenters. The molecule has 0 aromatic carbocycles. The van der Waals surface area contributed by atoms with Gasteiger partial charge in [-0.25, -0.2) is 0 Å². The third-order valence-corrected chi connectivity index (χ3v) is 3.24. The molecule has 0 unspecified atom stereocenters. The molecule has 0 aliphatic heterocycles. The zero-order chi connectivity index (χ0) is 10.4. The first-order valence-corrected chi connectivity index (χ1v) is 5.96. The Hall–Kier alpha value is -0.0800. The van der Waals surface area contributed by atoms with Crippen LogP contribution in [0.5, 0.6) is 0 Å². The summed E-state index contributed by atoms with van der Waals surface area (Å²) >= 11 is 0. The second-order valence-corrected chi connectivity index (χ2v) is 5.44. The average Bonchev–Trinajstić information content (AvgIpc) is 2.65. The van der Waals surface area contributed by atoms with Gasteiger partial charge in [-0.15, -0.1) is 0 Å². The second kappa shape index (κ2) is 5.72. The average molecular weight is 199 g/mol. The smallest absolute Gasteiger partial charge is 0.0494 e. The molecule has 2 heteroatoms. The maximum Gasteiger partial charge on any atom is 0.0494 e. The Bertz CT molecular complexity index is 150. The molecule has 1 rings (SSSR count). The highest BCUT2D eigenvalue weighted by molar-refractivity contribution is 4.72. The van der Waals surface area contributed by atoms with Gasteiger partial charge in [0.2, 0.25) is 0 Å². The van der Waals surface area contributed by atoms with Gasteiger partial charge in [0.15, 0.2) is 0 Å². The molecule has 1 aliphatic carbocycles. The van der Waals surface area contributed by atoms with E-state index in [1.807, 2.05) is 0 Å². The zero-order valence-corrected chi connectivity index (χ0v) is 9.68. The van der Waals surface area contributed by atoms with Crippen molar-refractivity contribution in [3.05, 3.63) is 0 Å². The Morgan fingerprint density at radius 3 is 2.50 bits per heavy atom. The van der Waals surface area contributed by atoms with E-state index in [-0.39, 0.29) is 12.0 Å². The Morgan fingerprint density at radius 2 is 1.93 bits per heavy atom. The molecule has 0 saturated heterocycles. The van der Waals surface area contributed by atoms with Crippen molar-refractivity contribution in [1.29, 1.82) is 0 Å². The van der Waals surface area contributed by atoms with Crippen LogP contribution in [0.4, 0.5) is 0 Å². The summed E-state index contributed by atoms with van der Waals surface area (Å²) in [5.41, 5.74) is 0.0374. The lowest BCUT2D eigenvalue weighted by molar-refractivity contribution is 0.156. The molecule has 2 nitrogen and oxygen atoms in total. The first-order chi connectivity index (χ1) is 6.64. The van der Waals surface area contributed by atoms with Gasteiger partial charge < -0.3 is 10.4 Å². The minimum absolute atomic E-state index is 0.0374. The first-order valence-electron chi connectivity index (χ1n) is 5.96. The van der Waals surface area contributed by atoms with Crippen LogP contribution < -0.4 is 5.32 Å². The number of rotatable bonds is 6. The van der Waals surface area contributed by atoms with Crippen molar-refractivity contribution in [2.75, 3.05) is 19.7 Å². The van der Waals surface area contributed by atoms with Crippen LogP contribution in [0.25, 0.3) is 0 Å². The van der Waals surface area contributed by atoms with Gasteiger partial charge in [0.1, 0.15) is 0 Å². The molecule has 1 aliphatic rings. The number of aliphatic hydroxyl groups is 1. The van der Waals surface area contributed by atoms with Gasteiger partial charge in [-0.1, -0.05) is 39.5 Å². The van der Waals surface area contributed by atoms with E-state index in [2.05, 4.69) is 19.2 Å². The predicted octanol–water partition coefficient (Wildman–Crippen LogP) is 2.17. The van der Waals surface area contributed by atoms with Crippen molar-refractivity contribution in [3.63, 3.8) is 0 Å². The van der Waals surface area contributed by atoms with Gasteiger partial charge in [0.05, 0.1) is 0 Å². The van der Waals surface area contributed by atoms with Crippen molar-refractivity contribution in [1.82, 2.24) is 5.32 Å². The van der Waals surface area contributed by atoms with E-state index in [0.717, 1.165) is 19.0 Å². The predicted molar refractivity (Wildman–Crippen MR) is 60.3 cm³/mol. The SMILES string of the molecule is CC(C)(CO)CNCCC1CCCC1. The van der Waals surface area contributed by atoms with Crippen molar-refractivity contribution in [2.45, 2.75) is 46.0 Å². The molecular formula is C12H25NO. The highest BCUT2D eigenvalue weighted by Crippen LogP contribution is 2.26. The van der Waals surface area contributed by atoms with Crippen LogP contribution in [-0.2, 0) is 0 Å². The summed E-state index contributed by atoms with van der Waals surface area (Å²) in [4.78, 5) is 0. The van der Waals surface area contributed by atoms with E-state index in [9.17, 15) is 0 Å². The monoisotopic (exact) mass is 199 g/mol. The Labute approximate surface area is 88.1 Å². The fourth-order valence-electron chi connectivity index (χ4n) is 2.09. The minimum Gasteiger partial charge on any atom is -0.396 e. The molecule has 2 N–H and O–H groups in total. The van der Waals surface area contributed by atoms with Crippen molar-refractivity contribution in [3.8, 4) is 0 Å². The summed E-state index contributed by atoms with van der Waals surface area (Å²) in [6.07, 6.45) is 7.07. The van der Waals surface area contributed by atoms with Crippen LogP contribution in [0.2, 0.25) is 0 Å². The molecule has 0 bridgehead atoms. The highest BCUT2D eigenvalue weighted by atomic mass is 16.3. The molecular weight excluding hydrogens is 174 g/mol. The fraction of sp³-hybridized carbons (Fsp3) is 1.00. The van der Waals surface area contributed by atoms with Crippen molar-refractivity contribution < 1.29 is 5.11 Å². The highest BCUT2D eigenvalue weighted by Gasteiger charge is 2.17. The Kier molecular flexibility index (Phi) is 4.90. The molecule has 0 aromatic heterocycles. The van der Waals surface area contributed by atoms with E-state index < -0.39 is 0 Å². The standard InChI is InChI=1S/C12H25NO/c1-12(2,10-14)9-13-8-7-11-5-3-4-6-11/h11,13-14H,3-10H2,1-2H3. The summed E-state index contributed by atoms with van der Waals surface area (Å²) in [6, 6.07) is 0. The van der Waals surface area contributed by atoms with E-state index in [1.165, 1.54) is 32.1 Å². The maximum absolute atomic E-state index is 9.06. The summed E-state index contributed by atoms with van der Waals surface area (Å²) in [6.45, 7) is 6.50. The van der Waals surface area contributed by atoms with Gasteiger partial charge in [0.25, 0.3) is 0 Å². The third-order valence-electron chi connectivity index (χ3n) is 3.24. The third kappa shape index (κ3) is 4.43. The largest absolute Gasteiger partial charge is 0.396 e. The van der Waals surface area contributed by atoms with Crippen molar-refractivity contribution in [2.24, 2.45) is 11.3 Å². The van der Waals surface area contributed by atoms with Crippen LogP contribution >= 0.6 is 0 Å². The Balaban J connectivity index is 1.98. The van der Waals surface area contributed by atoms with Gasteiger partial charge in [-0.3, -0.25) is 0 Å². The summed E-state index contributed by atoms with van der Waals surface area (Å²) in [5, 5.41) is 12.5. The molecule has 1 fully saturated rings. The van der Waals surface area contributed by atoms with Crippen LogP contribution in [0.15, 0.2) is 0 Å². The van der Waals surface area contributed by atoms with Gasteiger partial charge in [-0.2, -0.15) is 0 Å². The molecule has 0 aromatic rings. The summed E-state index contributed by atoms with van der Waals surface area (Å²) in [7, 11) is 0. The van der Waals surface area contributed by atoms with Gasteiger partial charge in [-0.05, 0) is 18.9 Å². The minimum atomic E-state index is 0.0374. The van der Waals surface area contributed by atoms with Crippen LogP contribution in [0, 0.1) is 11.3 Å². The Morgan fingerprint density at radius 1 is 1.29 bits per heavy atom. The fourth-order valence-corrected chi connectivity index (χ4v) is 2.09. The first kappa shape index (κ1) is 12.0. The number of nitrogens with one attached hydrogen (secondary N) is 1. The van der Waals surface area contributed by atoms with Crippen molar-refractivity contribution >= 4 is 0 Å². The molecule has 1 saturated carbocycles. The molecule has 0 radical (unpaired) electrons. The molecule has 0 heterocycles. The zero-order valence-electron chi connectivity index (χ0n) is 9.68. The topological polar surface area (TPSA) is 32.3 Å². The number of hydrogen-bond acceptors (Lipinski definition) is 2. The van der Waals surface area contributed by atoms with E-state index in [1.54, 1.807) is 0 Å². The van der Waals surface area contributed by atoms with Crippen LogP contribution in [0.1, 0.15) is 46.0 Å². The lowest BCUT2D eigenvalue weighted by atomic mass is 9.95. The van der Waals surface area contributed by atoms with Gasteiger partial charge in [0, 0.05) is 18.6 Å². The normalized spacial score (nSPS) is 19.1. The number of hydrogen-bond donors (Lipinski definition) is 2. The second-order valence-electron chi connectivity index (χ2n) is 5.44. The summed E-state index contributed by atoms with van der Waals surface area (Å²) < 4.78 is 0. The quantitative estimate of drug-likeness (QED) is 0.643. The van der Waals surface area contributed by atoms with E-state index in [0.29, 0.717) is 0 Å². The molecule has 0 amide bonds. The number of aliphatic hydroxyl groups excluding tert-OH is 1. The van der Waals surface area contributed by atoms with Gasteiger partial charge >= 0.3 is 0 Å². The lowest BCUT2D eigenvalue weighted by Crippen LogP contribution is -2.33.